The molecule has 1 aromatic heterocycles. The van der Waals surface area contributed by atoms with E-state index in [2.05, 4.69) is 21.8 Å². The molecule has 0 amide bonds. The van der Waals surface area contributed by atoms with Crippen LogP contribution in [0.4, 0.5) is 5.82 Å². The highest BCUT2D eigenvalue weighted by Gasteiger charge is 2.26. The van der Waals surface area contributed by atoms with Crippen molar-refractivity contribution in [2.45, 2.75) is 25.3 Å². The lowest BCUT2D eigenvalue weighted by Crippen LogP contribution is -2.48. The molecule has 76 valence electrons. The van der Waals surface area contributed by atoms with Gasteiger partial charge < -0.3 is 10.6 Å². The number of hydrogen-bond acceptors (Lipinski definition) is 4. The Balaban J connectivity index is 2.03. The minimum atomic E-state index is 0.00350. The maximum absolute atomic E-state index is 6.06. The van der Waals surface area contributed by atoms with Crippen molar-refractivity contribution in [1.82, 2.24) is 9.97 Å². The Morgan fingerprint density at radius 2 is 2.14 bits per heavy atom. The lowest BCUT2D eigenvalue weighted by molar-refractivity contribution is 0.363. The van der Waals surface area contributed by atoms with Crippen molar-refractivity contribution < 1.29 is 0 Å². The first-order chi connectivity index (χ1) is 6.67. The first-order valence-corrected chi connectivity index (χ1v) is 4.97. The summed E-state index contributed by atoms with van der Waals surface area (Å²) in [5.41, 5.74) is 6.06. The Hall–Kier alpha value is -1.16. The van der Waals surface area contributed by atoms with Gasteiger partial charge in [-0.1, -0.05) is 0 Å². The summed E-state index contributed by atoms with van der Waals surface area (Å²) in [6.45, 7) is 4.10. The zero-order chi connectivity index (χ0) is 10.0. The molecule has 0 aromatic carbocycles. The van der Waals surface area contributed by atoms with Crippen LogP contribution in [0.25, 0.3) is 0 Å². The van der Waals surface area contributed by atoms with E-state index < -0.39 is 0 Å². The third-order valence-electron chi connectivity index (χ3n) is 2.80. The van der Waals surface area contributed by atoms with E-state index in [0.29, 0.717) is 0 Å². The largest absolute Gasteiger partial charge is 0.356 e. The van der Waals surface area contributed by atoms with Crippen LogP contribution in [-0.2, 0) is 0 Å². The second-order valence-corrected chi connectivity index (χ2v) is 4.21. The number of rotatable bonds is 1. The van der Waals surface area contributed by atoms with Gasteiger partial charge in [0.1, 0.15) is 12.1 Å². The molecule has 0 saturated carbocycles. The van der Waals surface area contributed by atoms with Crippen LogP contribution in [0.3, 0.4) is 0 Å². The lowest BCUT2D eigenvalue weighted by Gasteiger charge is -2.37. The molecule has 2 heterocycles. The molecule has 2 N–H and O–H groups in total. The number of anilines is 1. The highest BCUT2D eigenvalue weighted by atomic mass is 15.2. The Labute approximate surface area is 84.2 Å². The van der Waals surface area contributed by atoms with Gasteiger partial charge in [-0.25, -0.2) is 9.97 Å². The van der Waals surface area contributed by atoms with Crippen LogP contribution < -0.4 is 10.6 Å². The van der Waals surface area contributed by atoms with Crippen molar-refractivity contribution in [1.29, 1.82) is 0 Å². The van der Waals surface area contributed by atoms with E-state index in [1.165, 1.54) is 0 Å². The lowest BCUT2D eigenvalue weighted by atomic mass is 9.91. The van der Waals surface area contributed by atoms with Crippen LogP contribution >= 0.6 is 0 Å². The predicted octanol–water partition coefficient (Wildman–Crippen LogP) is 0.794. The van der Waals surface area contributed by atoms with Crippen LogP contribution in [-0.4, -0.2) is 28.6 Å². The summed E-state index contributed by atoms with van der Waals surface area (Å²) in [5.74, 6) is 1.01. The van der Waals surface area contributed by atoms with Crippen LogP contribution in [0.2, 0.25) is 0 Å². The molecule has 0 spiro atoms. The molecule has 1 aromatic rings. The van der Waals surface area contributed by atoms with Gasteiger partial charge in [-0.15, -0.1) is 0 Å². The number of nitrogens with zero attached hydrogens (tertiary/aromatic N) is 3. The van der Waals surface area contributed by atoms with E-state index >= 15 is 0 Å². The minimum Gasteiger partial charge on any atom is -0.356 e. The SMILES string of the molecule is CC1(N)CCN(c2ccncn2)CC1. The quantitative estimate of drug-likeness (QED) is 0.715. The molecule has 4 nitrogen and oxygen atoms in total. The highest BCUT2D eigenvalue weighted by Crippen LogP contribution is 2.21. The van der Waals surface area contributed by atoms with Gasteiger partial charge in [0.25, 0.3) is 0 Å². The van der Waals surface area contributed by atoms with Crippen molar-refractivity contribution >= 4 is 5.82 Å². The first-order valence-electron chi connectivity index (χ1n) is 4.97. The second-order valence-electron chi connectivity index (χ2n) is 4.21. The van der Waals surface area contributed by atoms with Gasteiger partial charge in [-0.2, -0.15) is 0 Å². The maximum atomic E-state index is 6.06. The molecule has 4 heteroatoms. The summed E-state index contributed by atoms with van der Waals surface area (Å²) in [5, 5.41) is 0. The summed E-state index contributed by atoms with van der Waals surface area (Å²) in [4.78, 5) is 10.4. The molecule has 2 rings (SSSR count). The standard InChI is InChI=1S/C10H16N4/c1-10(11)3-6-14(7-4-10)9-2-5-12-8-13-9/h2,5,8H,3-4,6-7,11H2,1H3. The third kappa shape index (κ3) is 2.01. The van der Waals surface area contributed by atoms with E-state index in [-0.39, 0.29) is 5.54 Å². The summed E-state index contributed by atoms with van der Waals surface area (Å²) < 4.78 is 0. The van der Waals surface area contributed by atoms with Crippen molar-refractivity contribution in [3.8, 4) is 0 Å². The molecule has 1 fully saturated rings. The van der Waals surface area contributed by atoms with Crippen LogP contribution in [0.15, 0.2) is 18.6 Å². The van der Waals surface area contributed by atoms with Crippen molar-refractivity contribution in [2.75, 3.05) is 18.0 Å². The van der Waals surface area contributed by atoms with Gasteiger partial charge in [0.2, 0.25) is 0 Å². The van der Waals surface area contributed by atoms with Gasteiger partial charge in [0.05, 0.1) is 0 Å². The Kier molecular flexibility index (Phi) is 2.37. The van der Waals surface area contributed by atoms with E-state index in [1.807, 2.05) is 6.07 Å². The Morgan fingerprint density at radius 1 is 1.43 bits per heavy atom. The van der Waals surface area contributed by atoms with E-state index in [9.17, 15) is 0 Å². The number of nitrogens with two attached hydrogens (primary N) is 1. The van der Waals surface area contributed by atoms with Crippen LogP contribution in [0, 0.1) is 0 Å². The van der Waals surface area contributed by atoms with Gasteiger partial charge in [-0.05, 0) is 25.8 Å². The summed E-state index contributed by atoms with van der Waals surface area (Å²) in [6.07, 6.45) is 5.41. The van der Waals surface area contributed by atoms with Crippen molar-refractivity contribution in [3.05, 3.63) is 18.6 Å². The van der Waals surface area contributed by atoms with E-state index in [1.54, 1.807) is 12.5 Å². The van der Waals surface area contributed by atoms with Crippen molar-refractivity contribution in [3.63, 3.8) is 0 Å². The number of piperidine rings is 1. The summed E-state index contributed by atoms with van der Waals surface area (Å²) in [6, 6.07) is 1.94. The number of aromatic nitrogens is 2. The van der Waals surface area contributed by atoms with E-state index in [0.717, 1.165) is 31.7 Å². The zero-order valence-corrected chi connectivity index (χ0v) is 8.48. The zero-order valence-electron chi connectivity index (χ0n) is 8.48. The minimum absolute atomic E-state index is 0.00350. The molecule has 0 radical (unpaired) electrons. The molecule has 0 aliphatic carbocycles. The van der Waals surface area contributed by atoms with Gasteiger partial charge in [0.15, 0.2) is 0 Å². The molecule has 1 aliphatic heterocycles. The molecule has 14 heavy (non-hydrogen) atoms. The normalized spacial score (nSPS) is 20.9. The van der Waals surface area contributed by atoms with Gasteiger partial charge in [-0.3, -0.25) is 0 Å². The Bertz CT molecular complexity index is 286. The molecular weight excluding hydrogens is 176 g/mol. The van der Waals surface area contributed by atoms with Crippen LogP contribution in [0.5, 0.6) is 0 Å². The van der Waals surface area contributed by atoms with Crippen LogP contribution in [0.1, 0.15) is 19.8 Å². The molecular formula is C10H16N4. The molecule has 0 unspecified atom stereocenters. The number of hydrogen-bond donors (Lipinski definition) is 1. The fourth-order valence-electron chi connectivity index (χ4n) is 1.72. The fourth-order valence-corrected chi connectivity index (χ4v) is 1.72. The smallest absolute Gasteiger partial charge is 0.131 e. The highest BCUT2D eigenvalue weighted by molar-refractivity contribution is 5.37. The average Bonchev–Trinajstić information content (AvgIpc) is 2.19. The maximum Gasteiger partial charge on any atom is 0.131 e. The first kappa shape index (κ1) is 9.40. The molecule has 1 saturated heterocycles. The topological polar surface area (TPSA) is 55.0 Å². The summed E-state index contributed by atoms with van der Waals surface area (Å²) in [7, 11) is 0. The predicted molar refractivity (Wildman–Crippen MR) is 56.1 cm³/mol. The second kappa shape index (κ2) is 3.53. The monoisotopic (exact) mass is 192 g/mol. The average molecular weight is 192 g/mol. The molecule has 0 bridgehead atoms. The van der Waals surface area contributed by atoms with Crippen molar-refractivity contribution in [2.24, 2.45) is 5.73 Å². The Morgan fingerprint density at radius 3 is 2.71 bits per heavy atom. The fraction of sp³-hybridized carbons (Fsp3) is 0.600. The molecule has 0 atom stereocenters. The third-order valence-corrected chi connectivity index (χ3v) is 2.80. The van der Waals surface area contributed by atoms with Gasteiger partial charge in [0, 0.05) is 24.8 Å². The van der Waals surface area contributed by atoms with E-state index in [4.69, 9.17) is 5.73 Å². The van der Waals surface area contributed by atoms with Gasteiger partial charge >= 0.3 is 0 Å². The summed E-state index contributed by atoms with van der Waals surface area (Å²) >= 11 is 0. The molecule has 1 aliphatic rings.